The fourth-order valence-electron chi connectivity index (χ4n) is 3.50. The molecule has 0 unspecified atom stereocenters. The molecule has 0 spiro atoms. The standard InChI is InChI=1S/C21H23N5O3/c1-29-16-7-4-6-14(11-16)18-13-19(24-23-18)21(28)22-9-10-26-20(27)12-15-5-2-3-8-17(15)25-26/h4,6-7,11-13H,2-3,5,8-10H2,1H3,(H,22,28)(H,23,24). The summed E-state index contributed by atoms with van der Waals surface area (Å²) in [7, 11) is 1.60. The molecule has 3 aromatic rings. The van der Waals surface area contributed by atoms with Crippen LogP contribution < -0.4 is 15.6 Å². The third-order valence-electron chi connectivity index (χ3n) is 5.07. The van der Waals surface area contributed by atoms with Crippen LogP contribution in [-0.4, -0.2) is 39.5 Å². The summed E-state index contributed by atoms with van der Waals surface area (Å²) in [6.45, 7) is 0.632. The molecule has 150 valence electrons. The van der Waals surface area contributed by atoms with E-state index in [-0.39, 0.29) is 11.5 Å². The predicted molar refractivity (Wildman–Crippen MR) is 108 cm³/mol. The molecule has 0 saturated heterocycles. The number of ether oxygens (including phenoxy) is 1. The van der Waals surface area contributed by atoms with Crippen LogP contribution in [0.5, 0.6) is 5.75 Å². The van der Waals surface area contributed by atoms with Crippen molar-refractivity contribution in [3.63, 3.8) is 0 Å². The first-order valence-electron chi connectivity index (χ1n) is 9.72. The molecule has 2 heterocycles. The van der Waals surface area contributed by atoms with E-state index in [2.05, 4.69) is 20.6 Å². The summed E-state index contributed by atoms with van der Waals surface area (Å²) in [5.41, 5.74) is 3.80. The zero-order valence-electron chi connectivity index (χ0n) is 16.3. The van der Waals surface area contributed by atoms with Gasteiger partial charge in [-0.3, -0.25) is 14.7 Å². The quantitative estimate of drug-likeness (QED) is 0.666. The number of aromatic nitrogens is 4. The topological polar surface area (TPSA) is 102 Å². The Morgan fingerprint density at radius 1 is 1.24 bits per heavy atom. The van der Waals surface area contributed by atoms with E-state index in [1.807, 2.05) is 24.3 Å². The summed E-state index contributed by atoms with van der Waals surface area (Å²) >= 11 is 0. The van der Waals surface area contributed by atoms with Gasteiger partial charge in [0, 0.05) is 18.2 Å². The van der Waals surface area contributed by atoms with Crippen molar-refractivity contribution in [3.8, 4) is 17.0 Å². The first-order valence-corrected chi connectivity index (χ1v) is 9.72. The van der Waals surface area contributed by atoms with Crippen LogP contribution in [0, 0.1) is 0 Å². The van der Waals surface area contributed by atoms with Crippen LogP contribution in [0.3, 0.4) is 0 Å². The number of carbonyl (C=O) groups excluding carboxylic acids is 1. The summed E-state index contributed by atoms with van der Waals surface area (Å²) in [5.74, 6) is 0.442. The lowest BCUT2D eigenvalue weighted by atomic mass is 9.97. The van der Waals surface area contributed by atoms with Gasteiger partial charge in [-0.25, -0.2) is 4.68 Å². The number of aryl methyl sites for hydroxylation is 2. The lowest BCUT2D eigenvalue weighted by Gasteiger charge is -2.15. The summed E-state index contributed by atoms with van der Waals surface area (Å²) < 4.78 is 6.65. The highest BCUT2D eigenvalue weighted by molar-refractivity contribution is 5.93. The molecule has 2 N–H and O–H groups in total. The first kappa shape index (κ1) is 18.9. The maximum atomic E-state index is 12.4. The molecule has 0 fully saturated rings. The van der Waals surface area contributed by atoms with E-state index in [9.17, 15) is 9.59 Å². The number of nitrogens with one attached hydrogen (secondary N) is 2. The van der Waals surface area contributed by atoms with Gasteiger partial charge in [-0.1, -0.05) is 12.1 Å². The molecule has 0 atom stereocenters. The number of H-pyrrole nitrogens is 1. The Bertz CT molecular complexity index is 1090. The van der Waals surface area contributed by atoms with E-state index >= 15 is 0 Å². The minimum Gasteiger partial charge on any atom is -0.497 e. The second kappa shape index (κ2) is 8.30. The predicted octanol–water partition coefficient (Wildman–Crippen LogP) is 1.95. The van der Waals surface area contributed by atoms with Crippen LogP contribution in [0.2, 0.25) is 0 Å². The molecule has 1 aromatic carbocycles. The summed E-state index contributed by atoms with van der Waals surface area (Å²) in [6, 6.07) is 10.8. The van der Waals surface area contributed by atoms with Gasteiger partial charge < -0.3 is 10.1 Å². The van der Waals surface area contributed by atoms with Crippen molar-refractivity contribution in [1.29, 1.82) is 0 Å². The molecule has 8 heteroatoms. The normalized spacial score (nSPS) is 13.0. The number of benzene rings is 1. The number of methoxy groups -OCH3 is 1. The molecule has 2 aromatic heterocycles. The van der Waals surface area contributed by atoms with Crippen LogP contribution in [0.4, 0.5) is 0 Å². The number of rotatable bonds is 6. The van der Waals surface area contributed by atoms with E-state index in [4.69, 9.17) is 4.74 Å². The number of hydrogen-bond donors (Lipinski definition) is 2. The molecule has 4 rings (SSSR count). The number of hydrogen-bond acceptors (Lipinski definition) is 5. The molecule has 0 radical (unpaired) electrons. The molecular weight excluding hydrogens is 370 g/mol. The average Bonchev–Trinajstić information content (AvgIpc) is 3.24. The molecule has 1 aliphatic rings. The molecule has 8 nitrogen and oxygen atoms in total. The van der Waals surface area contributed by atoms with Gasteiger partial charge in [0.2, 0.25) is 0 Å². The monoisotopic (exact) mass is 393 g/mol. The van der Waals surface area contributed by atoms with Gasteiger partial charge in [-0.05, 0) is 49.4 Å². The SMILES string of the molecule is COc1cccc(-c2cc(C(=O)NCCn3nc4c(cc3=O)CCCC4)[nH]n2)c1. The molecule has 1 amide bonds. The van der Waals surface area contributed by atoms with Gasteiger partial charge in [-0.15, -0.1) is 0 Å². The van der Waals surface area contributed by atoms with Crippen molar-refractivity contribution < 1.29 is 9.53 Å². The van der Waals surface area contributed by atoms with Crippen molar-refractivity contribution in [1.82, 2.24) is 25.3 Å². The van der Waals surface area contributed by atoms with E-state index in [0.29, 0.717) is 24.5 Å². The average molecular weight is 393 g/mol. The number of nitrogens with zero attached hydrogens (tertiary/aromatic N) is 3. The van der Waals surface area contributed by atoms with Gasteiger partial charge in [0.25, 0.3) is 11.5 Å². The highest BCUT2D eigenvalue weighted by atomic mass is 16.5. The Balaban J connectivity index is 1.38. The van der Waals surface area contributed by atoms with E-state index in [0.717, 1.165) is 48.3 Å². The molecular formula is C21H23N5O3. The van der Waals surface area contributed by atoms with Crippen LogP contribution in [0.1, 0.15) is 34.6 Å². The lowest BCUT2D eigenvalue weighted by molar-refractivity contribution is 0.0946. The van der Waals surface area contributed by atoms with Crippen molar-refractivity contribution in [2.75, 3.05) is 13.7 Å². The maximum Gasteiger partial charge on any atom is 0.269 e. The third-order valence-corrected chi connectivity index (χ3v) is 5.07. The van der Waals surface area contributed by atoms with Gasteiger partial charge in [0.15, 0.2) is 0 Å². The van der Waals surface area contributed by atoms with Crippen molar-refractivity contribution in [3.05, 3.63) is 63.7 Å². The minimum atomic E-state index is -0.280. The lowest BCUT2D eigenvalue weighted by Crippen LogP contribution is -2.33. The Morgan fingerprint density at radius 2 is 2.10 bits per heavy atom. The second-order valence-electron chi connectivity index (χ2n) is 7.04. The number of amides is 1. The molecule has 0 aliphatic heterocycles. The number of fused-ring (bicyclic) bond motifs is 1. The number of aromatic amines is 1. The second-order valence-corrected chi connectivity index (χ2v) is 7.04. The van der Waals surface area contributed by atoms with Gasteiger partial charge >= 0.3 is 0 Å². The highest BCUT2D eigenvalue weighted by Gasteiger charge is 2.14. The van der Waals surface area contributed by atoms with Crippen LogP contribution in [-0.2, 0) is 19.4 Å². The fraction of sp³-hybridized carbons (Fsp3) is 0.333. The van der Waals surface area contributed by atoms with E-state index in [1.54, 1.807) is 19.2 Å². The van der Waals surface area contributed by atoms with Gasteiger partial charge in [-0.2, -0.15) is 10.2 Å². The first-order chi connectivity index (χ1) is 14.1. The Morgan fingerprint density at radius 3 is 2.97 bits per heavy atom. The van der Waals surface area contributed by atoms with E-state index in [1.165, 1.54) is 4.68 Å². The Kier molecular flexibility index (Phi) is 5.41. The summed E-state index contributed by atoms with van der Waals surface area (Å²) in [4.78, 5) is 24.6. The van der Waals surface area contributed by atoms with E-state index < -0.39 is 0 Å². The molecule has 0 saturated carbocycles. The third kappa shape index (κ3) is 4.21. The smallest absolute Gasteiger partial charge is 0.269 e. The Hall–Kier alpha value is -3.42. The fourth-order valence-corrected chi connectivity index (χ4v) is 3.50. The maximum absolute atomic E-state index is 12.4. The van der Waals surface area contributed by atoms with Crippen LogP contribution >= 0.6 is 0 Å². The summed E-state index contributed by atoms with van der Waals surface area (Å²) in [5, 5.41) is 14.2. The zero-order valence-corrected chi connectivity index (χ0v) is 16.3. The van der Waals surface area contributed by atoms with Gasteiger partial charge in [0.05, 0.1) is 25.0 Å². The van der Waals surface area contributed by atoms with Crippen molar-refractivity contribution >= 4 is 5.91 Å². The minimum absolute atomic E-state index is 0.123. The van der Waals surface area contributed by atoms with Gasteiger partial charge in [0.1, 0.15) is 11.4 Å². The molecule has 0 bridgehead atoms. The largest absolute Gasteiger partial charge is 0.497 e. The van der Waals surface area contributed by atoms with Crippen LogP contribution in [0.15, 0.2) is 41.2 Å². The number of carbonyl (C=O) groups is 1. The van der Waals surface area contributed by atoms with Crippen molar-refractivity contribution in [2.24, 2.45) is 0 Å². The van der Waals surface area contributed by atoms with Crippen molar-refractivity contribution in [2.45, 2.75) is 32.2 Å². The summed E-state index contributed by atoms with van der Waals surface area (Å²) in [6.07, 6.45) is 4.04. The Labute approximate surface area is 167 Å². The zero-order chi connectivity index (χ0) is 20.2. The molecule has 29 heavy (non-hydrogen) atoms. The molecule has 1 aliphatic carbocycles. The highest BCUT2D eigenvalue weighted by Crippen LogP contribution is 2.22. The van der Waals surface area contributed by atoms with Crippen LogP contribution in [0.25, 0.3) is 11.3 Å².